The number of rotatable bonds is 8. The van der Waals surface area contributed by atoms with Gasteiger partial charge in [-0.15, -0.1) is 11.8 Å². The molecule has 0 unspecified atom stereocenters. The molecule has 0 aliphatic heterocycles. The molecule has 2 aliphatic carbocycles. The molecule has 0 amide bonds. The van der Waals surface area contributed by atoms with E-state index in [1.165, 1.54) is 11.1 Å². The number of H-pyrrole nitrogens is 1. The van der Waals surface area contributed by atoms with Gasteiger partial charge in [0.25, 0.3) is 5.56 Å². The monoisotopic (exact) mass is 438 g/mol. The lowest BCUT2D eigenvalue weighted by molar-refractivity contribution is 0.318. The third kappa shape index (κ3) is 4.39. The smallest absolute Gasteiger partial charge is 0.330 e. The third-order valence-corrected chi connectivity index (χ3v) is 6.68. The van der Waals surface area contributed by atoms with Gasteiger partial charge in [-0.25, -0.2) is 14.8 Å². The second-order valence-corrected chi connectivity index (χ2v) is 9.68. The van der Waals surface area contributed by atoms with Crippen molar-refractivity contribution < 1.29 is 4.74 Å². The summed E-state index contributed by atoms with van der Waals surface area (Å²) in [6, 6.07) is 6.34. The Morgan fingerprint density at radius 2 is 1.84 bits per heavy atom. The summed E-state index contributed by atoms with van der Waals surface area (Å²) in [6.07, 6.45) is 4.85. The molecule has 5 rings (SSSR count). The summed E-state index contributed by atoms with van der Waals surface area (Å²) in [5.41, 5.74) is 2.12. The van der Waals surface area contributed by atoms with E-state index in [4.69, 9.17) is 9.72 Å². The number of nitrogens with one attached hydrogen (secondary N) is 1. The molecule has 0 bridgehead atoms. The number of benzene rings is 1. The van der Waals surface area contributed by atoms with Crippen LogP contribution in [0.1, 0.15) is 61.0 Å². The SMILES string of the molecule is Cc1cc(C)cc(OCCCSc2nc(C3CC3)nc3c2c(=O)[nH]c(=O)n3C2CC2)c1. The first-order valence-electron chi connectivity index (χ1n) is 10.9. The van der Waals surface area contributed by atoms with Crippen molar-refractivity contribution in [3.8, 4) is 5.75 Å². The van der Waals surface area contributed by atoms with Gasteiger partial charge in [-0.3, -0.25) is 14.3 Å². The van der Waals surface area contributed by atoms with Gasteiger partial charge in [0.15, 0.2) is 5.65 Å². The highest BCUT2D eigenvalue weighted by Gasteiger charge is 2.32. The second-order valence-electron chi connectivity index (χ2n) is 8.59. The van der Waals surface area contributed by atoms with Crippen molar-refractivity contribution in [3.63, 3.8) is 0 Å². The fraction of sp³-hybridized carbons (Fsp3) is 0.478. The number of ether oxygens (including phenoxy) is 1. The van der Waals surface area contributed by atoms with Crippen LogP contribution in [0, 0.1) is 13.8 Å². The quantitative estimate of drug-likeness (QED) is 0.326. The molecule has 2 aliphatic rings. The second kappa shape index (κ2) is 8.15. The zero-order chi connectivity index (χ0) is 21.5. The van der Waals surface area contributed by atoms with Crippen LogP contribution in [0.25, 0.3) is 11.0 Å². The normalized spacial score (nSPS) is 16.1. The Balaban J connectivity index is 1.36. The summed E-state index contributed by atoms with van der Waals surface area (Å²) in [5.74, 6) is 2.76. The molecule has 2 fully saturated rings. The average Bonchev–Trinajstić information content (AvgIpc) is 3.60. The Bertz CT molecular complexity index is 1240. The Kier molecular flexibility index (Phi) is 5.33. The standard InChI is InChI=1S/C23H26N4O3S/c1-13-10-14(2)12-17(11-13)30-8-3-9-31-22-18-20(24-19(25-22)15-4-5-15)27(16-6-7-16)23(29)26-21(18)28/h10-12,15-16H,3-9H2,1-2H3,(H,26,28,29). The molecular weight excluding hydrogens is 412 g/mol. The summed E-state index contributed by atoms with van der Waals surface area (Å²) in [6.45, 7) is 4.72. The molecule has 2 saturated carbocycles. The molecular formula is C23H26N4O3S. The first kappa shape index (κ1) is 20.3. The van der Waals surface area contributed by atoms with Crippen LogP contribution in [-0.2, 0) is 0 Å². The number of hydrogen-bond acceptors (Lipinski definition) is 6. The molecule has 2 heterocycles. The van der Waals surface area contributed by atoms with Crippen LogP contribution in [0.3, 0.4) is 0 Å². The Labute approximate surface area is 184 Å². The van der Waals surface area contributed by atoms with Gasteiger partial charge in [0.2, 0.25) is 0 Å². The van der Waals surface area contributed by atoms with E-state index in [9.17, 15) is 9.59 Å². The van der Waals surface area contributed by atoms with E-state index in [0.717, 1.165) is 49.4 Å². The fourth-order valence-electron chi connectivity index (χ4n) is 3.87. The minimum atomic E-state index is -0.395. The molecule has 8 heteroatoms. The predicted molar refractivity (Wildman–Crippen MR) is 121 cm³/mol. The highest BCUT2D eigenvalue weighted by molar-refractivity contribution is 7.99. The number of thioether (sulfide) groups is 1. The van der Waals surface area contributed by atoms with Crippen LogP contribution in [-0.4, -0.2) is 31.9 Å². The summed E-state index contributed by atoms with van der Waals surface area (Å²) >= 11 is 1.55. The van der Waals surface area contributed by atoms with Gasteiger partial charge in [-0.05, 0) is 69.2 Å². The lowest BCUT2D eigenvalue weighted by Crippen LogP contribution is -2.31. The number of aromatic amines is 1. The fourth-order valence-corrected chi connectivity index (χ4v) is 4.81. The van der Waals surface area contributed by atoms with E-state index in [1.807, 2.05) is 12.1 Å². The van der Waals surface area contributed by atoms with E-state index in [0.29, 0.717) is 28.6 Å². The lowest BCUT2D eigenvalue weighted by Gasteiger charge is -2.12. The van der Waals surface area contributed by atoms with Gasteiger partial charge in [-0.1, -0.05) is 6.07 Å². The summed E-state index contributed by atoms with van der Waals surface area (Å²) < 4.78 is 7.57. The summed E-state index contributed by atoms with van der Waals surface area (Å²) in [5, 5.41) is 1.12. The van der Waals surface area contributed by atoms with Gasteiger partial charge in [0.05, 0.1) is 6.61 Å². The molecule has 0 atom stereocenters. The maximum absolute atomic E-state index is 12.7. The van der Waals surface area contributed by atoms with Crippen molar-refractivity contribution in [1.82, 2.24) is 19.5 Å². The van der Waals surface area contributed by atoms with Gasteiger partial charge in [0, 0.05) is 17.7 Å². The molecule has 31 heavy (non-hydrogen) atoms. The van der Waals surface area contributed by atoms with E-state index in [-0.39, 0.29) is 11.7 Å². The van der Waals surface area contributed by atoms with E-state index in [1.54, 1.807) is 16.3 Å². The number of nitrogens with zero attached hydrogens (tertiary/aromatic N) is 3. The Morgan fingerprint density at radius 3 is 2.52 bits per heavy atom. The zero-order valence-corrected chi connectivity index (χ0v) is 18.6. The summed E-state index contributed by atoms with van der Waals surface area (Å²) in [4.78, 5) is 37.0. The van der Waals surface area contributed by atoms with Crippen LogP contribution in [0.2, 0.25) is 0 Å². The number of fused-ring (bicyclic) bond motifs is 1. The Morgan fingerprint density at radius 1 is 1.10 bits per heavy atom. The van der Waals surface area contributed by atoms with Gasteiger partial charge in [-0.2, -0.15) is 0 Å². The number of aromatic nitrogens is 4. The van der Waals surface area contributed by atoms with Crippen LogP contribution < -0.4 is 16.0 Å². The van der Waals surface area contributed by atoms with Gasteiger partial charge < -0.3 is 4.74 Å². The van der Waals surface area contributed by atoms with Crippen molar-refractivity contribution in [1.29, 1.82) is 0 Å². The summed E-state index contributed by atoms with van der Waals surface area (Å²) in [7, 11) is 0. The minimum Gasteiger partial charge on any atom is -0.494 e. The topological polar surface area (TPSA) is 89.9 Å². The highest BCUT2D eigenvalue weighted by atomic mass is 32.2. The Hall–Kier alpha value is -2.61. The minimum absolute atomic E-state index is 0.137. The number of aryl methyl sites for hydroxylation is 2. The third-order valence-electron chi connectivity index (χ3n) is 5.61. The first-order valence-corrected chi connectivity index (χ1v) is 11.9. The van der Waals surface area contributed by atoms with Crippen molar-refractivity contribution in [2.75, 3.05) is 12.4 Å². The van der Waals surface area contributed by atoms with E-state index in [2.05, 4.69) is 29.9 Å². The molecule has 1 aromatic carbocycles. The molecule has 0 radical (unpaired) electrons. The van der Waals surface area contributed by atoms with E-state index < -0.39 is 5.56 Å². The van der Waals surface area contributed by atoms with Crippen LogP contribution in [0.5, 0.6) is 5.75 Å². The molecule has 2 aromatic heterocycles. The van der Waals surface area contributed by atoms with Crippen molar-refractivity contribution in [2.45, 2.75) is 62.9 Å². The van der Waals surface area contributed by atoms with Crippen LogP contribution >= 0.6 is 11.8 Å². The van der Waals surface area contributed by atoms with Gasteiger partial charge >= 0.3 is 5.69 Å². The van der Waals surface area contributed by atoms with E-state index >= 15 is 0 Å². The lowest BCUT2D eigenvalue weighted by atomic mass is 10.1. The molecule has 162 valence electrons. The maximum Gasteiger partial charge on any atom is 0.330 e. The zero-order valence-electron chi connectivity index (χ0n) is 17.8. The highest BCUT2D eigenvalue weighted by Crippen LogP contribution is 2.40. The number of hydrogen-bond donors (Lipinski definition) is 1. The largest absolute Gasteiger partial charge is 0.494 e. The molecule has 1 N–H and O–H groups in total. The van der Waals surface area contributed by atoms with Crippen molar-refractivity contribution >= 4 is 22.8 Å². The molecule has 0 saturated heterocycles. The van der Waals surface area contributed by atoms with Crippen LogP contribution in [0.15, 0.2) is 32.8 Å². The van der Waals surface area contributed by atoms with Gasteiger partial charge in [0.1, 0.15) is 22.0 Å². The first-order chi connectivity index (χ1) is 15.0. The van der Waals surface area contributed by atoms with Crippen molar-refractivity contribution in [2.24, 2.45) is 0 Å². The molecule has 0 spiro atoms. The average molecular weight is 439 g/mol. The van der Waals surface area contributed by atoms with Crippen molar-refractivity contribution in [3.05, 3.63) is 56.0 Å². The predicted octanol–water partition coefficient (Wildman–Crippen LogP) is 3.87. The molecule has 3 aromatic rings. The van der Waals surface area contributed by atoms with Crippen LogP contribution in [0.4, 0.5) is 0 Å². The maximum atomic E-state index is 12.7. The molecule has 7 nitrogen and oxygen atoms in total.